The zero-order chi connectivity index (χ0) is 27.5. The standard InChI is InChI=1S/C30H26F3N3O3/c1-16-9-20(10-17(2)26(16)24-5-3-4-6-25(24)30(31,32)33)28-34-27(35-39-28)18-7-8-19-14-36(15-22(19)11-18)23-12-21(13-23)29(37)38/h3-11,21,23H,12-15H2,1-2H3,(H,37,38)/t21-,23-. The van der Waals surface area contributed by atoms with Gasteiger partial charge in [-0.05, 0) is 84.3 Å². The second-order valence-corrected chi connectivity index (χ2v) is 10.5. The van der Waals surface area contributed by atoms with E-state index in [4.69, 9.17) is 9.63 Å². The lowest BCUT2D eigenvalue weighted by Crippen LogP contribution is -2.44. The maximum atomic E-state index is 13.7. The molecular weight excluding hydrogens is 507 g/mol. The first-order valence-electron chi connectivity index (χ1n) is 12.8. The smallest absolute Gasteiger partial charge is 0.417 e. The van der Waals surface area contributed by atoms with Crippen LogP contribution in [0.5, 0.6) is 0 Å². The number of carboxylic acid groups (broad SMARTS) is 1. The number of nitrogens with zero attached hydrogens (tertiary/aromatic N) is 3. The van der Waals surface area contributed by atoms with E-state index in [-0.39, 0.29) is 17.5 Å². The molecule has 0 atom stereocenters. The Balaban J connectivity index is 1.24. The Morgan fingerprint density at radius 3 is 2.36 bits per heavy atom. The molecule has 0 saturated heterocycles. The highest BCUT2D eigenvalue weighted by Crippen LogP contribution is 2.41. The molecule has 2 aliphatic rings. The number of hydrogen-bond acceptors (Lipinski definition) is 5. The number of hydrogen-bond donors (Lipinski definition) is 1. The van der Waals surface area contributed by atoms with E-state index in [2.05, 4.69) is 21.1 Å². The molecule has 4 aromatic rings. The molecular formula is C30H26F3N3O3. The fourth-order valence-corrected chi connectivity index (χ4v) is 5.82. The van der Waals surface area contributed by atoms with Crippen LogP contribution in [0.15, 0.2) is 59.1 Å². The summed E-state index contributed by atoms with van der Waals surface area (Å²) < 4.78 is 46.5. The van der Waals surface area contributed by atoms with Crippen LogP contribution in [0.2, 0.25) is 0 Å². The fraction of sp³-hybridized carbons (Fsp3) is 0.300. The molecule has 1 aromatic heterocycles. The molecule has 39 heavy (non-hydrogen) atoms. The van der Waals surface area contributed by atoms with E-state index in [1.807, 2.05) is 12.1 Å². The maximum Gasteiger partial charge on any atom is 0.417 e. The van der Waals surface area contributed by atoms with Gasteiger partial charge in [-0.3, -0.25) is 9.69 Å². The lowest BCUT2D eigenvalue weighted by molar-refractivity contribution is -0.147. The van der Waals surface area contributed by atoms with E-state index in [1.165, 1.54) is 17.7 Å². The van der Waals surface area contributed by atoms with E-state index in [0.717, 1.165) is 30.3 Å². The largest absolute Gasteiger partial charge is 0.481 e. The quantitative estimate of drug-likeness (QED) is 0.301. The summed E-state index contributed by atoms with van der Waals surface area (Å²) in [5.74, 6) is -0.233. The molecule has 6 rings (SSSR count). The van der Waals surface area contributed by atoms with Crippen molar-refractivity contribution in [2.75, 3.05) is 0 Å². The minimum absolute atomic E-state index is 0.144. The summed E-state index contributed by atoms with van der Waals surface area (Å²) in [6, 6.07) is 15.5. The first-order chi connectivity index (χ1) is 18.6. The zero-order valence-corrected chi connectivity index (χ0v) is 21.4. The van der Waals surface area contributed by atoms with Crippen molar-refractivity contribution >= 4 is 5.97 Å². The minimum atomic E-state index is -4.46. The summed E-state index contributed by atoms with van der Waals surface area (Å²) in [7, 11) is 0. The van der Waals surface area contributed by atoms with Gasteiger partial charge in [-0.15, -0.1) is 0 Å². The molecule has 2 heterocycles. The van der Waals surface area contributed by atoms with Crippen molar-refractivity contribution in [3.8, 4) is 34.0 Å². The highest BCUT2D eigenvalue weighted by Gasteiger charge is 2.39. The van der Waals surface area contributed by atoms with E-state index in [1.54, 1.807) is 32.0 Å². The van der Waals surface area contributed by atoms with Crippen LogP contribution < -0.4 is 0 Å². The average molecular weight is 534 g/mol. The number of aromatic nitrogens is 2. The number of fused-ring (bicyclic) bond motifs is 1. The minimum Gasteiger partial charge on any atom is -0.481 e. The molecule has 1 N–H and O–H groups in total. The Hall–Kier alpha value is -3.98. The summed E-state index contributed by atoms with van der Waals surface area (Å²) in [6.45, 7) is 5.11. The van der Waals surface area contributed by atoms with Crippen molar-refractivity contribution < 1.29 is 27.6 Å². The molecule has 0 spiro atoms. The van der Waals surface area contributed by atoms with Crippen molar-refractivity contribution in [2.24, 2.45) is 5.92 Å². The third-order valence-electron chi connectivity index (χ3n) is 7.90. The Kier molecular flexibility index (Phi) is 6.06. The zero-order valence-electron chi connectivity index (χ0n) is 21.4. The Bertz CT molecular complexity index is 1560. The van der Waals surface area contributed by atoms with Crippen LogP contribution in [-0.2, 0) is 24.1 Å². The predicted molar refractivity (Wildman–Crippen MR) is 138 cm³/mol. The molecule has 3 aromatic carbocycles. The summed E-state index contributed by atoms with van der Waals surface area (Å²) >= 11 is 0. The first-order valence-corrected chi connectivity index (χ1v) is 12.8. The van der Waals surface area contributed by atoms with Crippen molar-refractivity contribution in [3.63, 3.8) is 0 Å². The third kappa shape index (κ3) is 4.61. The molecule has 0 bridgehead atoms. The first kappa shape index (κ1) is 25.3. The van der Waals surface area contributed by atoms with Crippen molar-refractivity contribution in [2.45, 2.75) is 52.0 Å². The lowest BCUT2D eigenvalue weighted by Gasteiger charge is -2.39. The van der Waals surface area contributed by atoms with Crippen LogP contribution in [0.1, 0.15) is 40.7 Å². The second-order valence-electron chi connectivity index (χ2n) is 10.5. The van der Waals surface area contributed by atoms with Gasteiger partial charge >= 0.3 is 12.1 Å². The summed E-state index contributed by atoms with van der Waals surface area (Å²) in [6.07, 6.45) is -3.09. The number of carbonyl (C=O) groups is 1. The van der Waals surface area contributed by atoms with Gasteiger partial charge in [0, 0.05) is 30.3 Å². The number of halogens is 3. The topological polar surface area (TPSA) is 79.5 Å². The van der Waals surface area contributed by atoms with Crippen LogP contribution in [-0.4, -0.2) is 32.2 Å². The molecule has 6 nitrogen and oxygen atoms in total. The van der Waals surface area contributed by atoms with Gasteiger partial charge in [0.2, 0.25) is 5.82 Å². The number of alkyl halides is 3. The third-order valence-corrected chi connectivity index (χ3v) is 7.90. The van der Waals surface area contributed by atoms with Gasteiger partial charge in [-0.1, -0.05) is 35.5 Å². The van der Waals surface area contributed by atoms with Crippen molar-refractivity contribution in [1.82, 2.24) is 15.0 Å². The van der Waals surface area contributed by atoms with Crippen LogP contribution in [0.4, 0.5) is 13.2 Å². The summed E-state index contributed by atoms with van der Waals surface area (Å²) in [4.78, 5) is 18.1. The monoisotopic (exact) mass is 533 g/mol. The van der Waals surface area contributed by atoms with Crippen LogP contribution >= 0.6 is 0 Å². The van der Waals surface area contributed by atoms with Crippen molar-refractivity contribution in [1.29, 1.82) is 0 Å². The highest BCUT2D eigenvalue weighted by atomic mass is 19.4. The highest BCUT2D eigenvalue weighted by molar-refractivity contribution is 5.77. The van der Waals surface area contributed by atoms with E-state index in [9.17, 15) is 18.0 Å². The Morgan fingerprint density at radius 1 is 0.974 bits per heavy atom. The molecule has 9 heteroatoms. The molecule has 0 radical (unpaired) electrons. The van der Waals surface area contributed by atoms with Gasteiger partial charge < -0.3 is 9.63 Å². The van der Waals surface area contributed by atoms with Gasteiger partial charge in [-0.25, -0.2) is 0 Å². The SMILES string of the molecule is Cc1cc(-c2nc(-c3ccc4c(c3)CN([C@H]3C[C@H](C(=O)O)C3)C4)no2)cc(C)c1-c1ccccc1C(F)(F)F. The number of benzene rings is 3. The second kappa shape index (κ2) is 9.34. The number of aliphatic carboxylic acids is 1. The molecule has 0 amide bonds. The molecule has 1 saturated carbocycles. The van der Waals surface area contributed by atoms with Gasteiger partial charge in [0.1, 0.15) is 0 Å². The van der Waals surface area contributed by atoms with Crippen molar-refractivity contribution in [3.05, 3.63) is 82.4 Å². The summed E-state index contributed by atoms with van der Waals surface area (Å²) in [5.41, 5.74) is 5.20. The number of aryl methyl sites for hydroxylation is 2. The molecule has 1 aliphatic heterocycles. The van der Waals surface area contributed by atoms with Gasteiger partial charge in [0.15, 0.2) is 0 Å². The van der Waals surface area contributed by atoms with Gasteiger partial charge in [-0.2, -0.15) is 18.2 Å². The average Bonchev–Trinajstić information content (AvgIpc) is 3.49. The van der Waals surface area contributed by atoms with E-state index >= 15 is 0 Å². The van der Waals surface area contributed by atoms with Crippen LogP contribution in [0.3, 0.4) is 0 Å². The Morgan fingerprint density at radius 2 is 1.67 bits per heavy atom. The summed E-state index contributed by atoms with van der Waals surface area (Å²) in [5, 5.41) is 13.3. The van der Waals surface area contributed by atoms with Gasteiger partial charge in [0.25, 0.3) is 5.89 Å². The fourth-order valence-electron chi connectivity index (χ4n) is 5.82. The maximum absolute atomic E-state index is 13.7. The molecule has 0 unspecified atom stereocenters. The van der Waals surface area contributed by atoms with Crippen LogP contribution in [0, 0.1) is 19.8 Å². The molecule has 200 valence electrons. The normalized spacial score (nSPS) is 19.1. The van der Waals surface area contributed by atoms with E-state index in [0.29, 0.717) is 46.8 Å². The molecule has 1 aliphatic carbocycles. The Labute approximate surface area is 223 Å². The van der Waals surface area contributed by atoms with E-state index < -0.39 is 17.7 Å². The molecule has 1 fully saturated rings. The van der Waals surface area contributed by atoms with Crippen LogP contribution in [0.25, 0.3) is 34.0 Å². The predicted octanol–water partition coefficient (Wildman–Crippen LogP) is 6.89. The lowest BCUT2D eigenvalue weighted by atomic mass is 9.79. The van der Waals surface area contributed by atoms with Gasteiger partial charge in [0.05, 0.1) is 11.5 Å². The number of carboxylic acids is 1. The number of rotatable bonds is 5.